The number of thioether (sulfide) groups is 1. The van der Waals surface area contributed by atoms with Crippen molar-refractivity contribution in [3.8, 4) is 16.9 Å². The third kappa shape index (κ3) is 4.21. The van der Waals surface area contributed by atoms with Crippen LogP contribution in [0.5, 0.6) is 5.75 Å². The van der Waals surface area contributed by atoms with Crippen LogP contribution in [0.15, 0.2) is 70.3 Å². The molecule has 0 bridgehead atoms. The maximum absolute atomic E-state index is 12.6. The average molecular weight is 471 g/mol. The molecule has 172 valence electrons. The number of furan rings is 1. The highest BCUT2D eigenvalue weighted by molar-refractivity contribution is 8.14. The summed E-state index contributed by atoms with van der Waals surface area (Å²) < 4.78 is 12.1. The van der Waals surface area contributed by atoms with E-state index in [2.05, 4.69) is 46.7 Å². The predicted molar refractivity (Wildman–Crippen MR) is 142 cm³/mol. The zero-order chi connectivity index (χ0) is 23.7. The lowest BCUT2D eigenvalue weighted by molar-refractivity contribution is -0.115. The van der Waals surface area contributed by atoms with Gasteiger partial charge in [0.15, 0.2) is 5.17 Å². The van der Waals surface area contributed by atoms with Gasteiger partial charge in [0.2, 0.25) is 5.91 Å². The van der Waals surface area contributed by atoms with E-state index in [4.69, 9.17) is 9.15 Å². The van der Waals surface area contributed by atoms with Gasteiger partial charge in [-0.3, -0.25) is 9.79 Å². The van der Waals surface area contributed by atoms with E-state index in [-0.39, 0.29) is 5.91 Å². The van der Waals surface area contributed by atoms with E-state index >= 15 is 0 Å². The Kier molecular flexibility index (Phi) is 6.16. The van der Waals surface area contributed by atoms with E-state index in [0.717, 1.165) is 56.8 Å². The minimum atomic E-state index is -0.187. The summed E-state index contributed by atoms with van der Waals surface area (Å²) in [4.78, 5) is 16.9. The third-order valence-electron chi connectivity index (χ3n) is 5.98. The van der Waals surface area contributed by atoms with Gasteiger partial charge in [-0.1, -0.05) is 48.2 Å². The van der Waals surface area contributed by atoms with Crippen molar-refractivity contribution >= 4 is 50.2 Å². The molecule has 1 N–H and O–H groups in total. The molecule has 1 aliphatic heterocycles. The van der Waals surface area contributed by atoms with Gasteiger partial charge in [-0.15, -0.1) is 0 Å². The molecule has 0 saturated heterocycles. The minimum Gasteiger partial charge on any atom is -0.493 e. The molecule has 2 heterocycles. The molecule has 0 spiro atoms. The summed E-state index contributed by atoms with van der Waals surface area (Å²) in [6.07, 6.45) is 3.42. The van der Waals surface area contributed by atoms with E-state index < -0.39 is 0 Å². The van der Waals surface area contributed by atoms with Crippen LogP contribution in [0.1, 0.15) is 25.0 Å². The number of fused-ring (bicyclic) bond motifs is 2. The first-order chi connectivity index (χ1) is 16.5. The summed E-state index contributed by atoms with van der Waals surface area (Å²) in [5.74, 6) is 1.46. The zero-order valence-corrected chi connectivity index (χ0v) is 20.3. The van der Waals surface area contributed by atoms with Gasteiger partial charge in [-0.25, -0.2) is 0 Å². The lowest BCUT2D eigenvalue weighted by atomic mass is 9.95. The molecule has 5 nitrogen and oxygen atoms in total. The number of rotatable bonds is 5. The maximum atomic E-state index is 12.6. The second kappa shape index (κ2) is 9.39. The van der Waals surface area contributed by atoms with E-state index in [9.17, 15) is 4.79 Å². The highest BCUT2D eigenvalue weighted by atomic mass is 32.2. The highest BCUT2D eigenvalue weighted by Crippen LogP contribution is 2.41. The summed E-state index contributed by atoms with van der Waals surface area (Å²) in [6, 6.07) is 16.8. The van der Waals surface area contributed by atoms with Gasteiger partial charge in [0.05, 0.1) is 19.4 Å². The number of carbonyl (C=O) groups is 1. The molecule has 5 rings (SSSR count). The molecular weight excluding hydrogens is 444 g/mol. The Morgan fingerprint density at radius 1 is 1.21 bits per heavy atom. The van der Waals surface area contributed by atoms with Crippen molar-refractivity contribution in [2.45, 2.75) is 20.8 Å². The van der Waals surface area contributed by atoms with E-state index in [0.29, 0.717) is 11.8 Å². The first-order valence-electron chi connectivity index (χ1n) is 11.4. The first-order valence-corrected chi connectivity index (χ1v) is 12.4. The van der Waals surface area contributed by atoms with Crippen molar-refractivity contribution in [1.29, 1.82) is 0 Å². The van der Waals surface area contributed by atoms with Gasteiger partial charge in [0.25, 0.3) is 0 Å². The smallest absolute Gasteiger partial charge is 0.250 e. The summed E-state index contributed by atoms with van der Waals surface area (Å²) in [6.45, 7) is 7.15. The van der Waals surface area contributed by atoms with Gasteiger partial charge in [-0.2, -0.15) is 0 Å². The maximum Gasteiger partial charge on any atom is 0.250 e. The molecule has 3 aromatic carbocycles. The van der Waals surface area contributed by atoms with Gasteiger partial charge < -0.3 is 14.5 Å². The molecule has 0 radical (unpaired) electrons. The Labute approximate surface area is 202 Å². The second-order valence-electron chi connectivity index (χ2n) is 8.25. The Balaban J connectivity index is 1.61. The van der Waals surface area contributed by atoms with Crippen molar-refractivity contribution in [2.24, 2.45) is 4.99 Å². The molecule has 6 heteroatoms. The number of hydrogen-bond donors (Lipinski definition) is 1. The fraction of sp³-hybridized carbons (Fsp3) is 0.214. The Morgan fingerprint density at radius 3 is 2.79 bits per heavy atom. The molecule has 1 aromatic heterocycles. The van der Waals surface area contributed by atoms with Crippen molar-refractivity contribution in [1.82, 2.24) is 5.32 Å². The largest absolute Gasteiger partial charge is 0.493 e. The predicted octanol–water partition coefficient (Wildman–Crippen LogP) is 6.58. The standard InChI is InChI=1S/C28H26N2O3S/c1-4-32-26-18(3)27-23(15-22(26)17(2)13-25(31)30-28-29-11-12-34-28)24(16-33-27)21-10-9-19-7-5-6-8-20(19)14-21/h5-10,13-16H,4,11-12H2,1-3H3,(H,29,30,31)/b17-13+. The van der Waals surface area contributed by atoms with Crippen molar-refractivity contribution < 1.29 is 13.9 Å². The number of nitrogens with one attached hydrogen (secondary N) is 1. The number of amides is 1. The fourth-order valence-corrected chi connectivity index (χ4v) is 5.08. The van der Waals surface area contributed by atoms with Crippen LogP contribution < -0.4 is 10.1 Å². The summed E-state index contributed by atoms with van der Waals surface area (Å²) in [7, 11) is 0. The Morgan fingerprint density at radius 2 is 2.03 bits per heavy atom. The fourth-order valence-electron chi connectivity index (χ4n) is 4.35. The molecule has 4 aromatic rings. The normalized spacial score (nSPS) is 14.0. The highest BCUT2D eigenvalue weighted by Gasteiger charge is 2.20. The van der Waals surface area contributed by atoms with Crippen molar-refractivity contribution in [3.63, 3.8) is 0 Å². The first kappa shape index (κ1) is 22.3. The van der Waals surface area contributed by atoms with Crippen LogP contribution >= 0.6 is 11.8 Å². The molecule has 0 unspecified atom stereocenters. The molecule has 0 atom stereocenters. The van der Waals surface area contributed by atoms with Gasteiger partial charge in [-0.05, 0) is 54.8 Å². The van der Waals surface area contributed by atoms with Gasteiger partial charge in [0.1, 0.15) is 11.3 Å². The lowest BCUT2D eigenvalue weighted by Crippen LogP contribution is -2.25. The van der Waals surface area contributed by atoms with Crippen LogP contribution in [-0.4, -0.2) is 30.0 Å². The quantitative estimate of drug-likeness (QED) is 0.335. The molecule has 1 aliphatic rings. The van der Waals surface area contributed by atoms with Crippen LogP contribution in [0.3, 0.4) is 0 Å². The zero-order valence-electron chi connectivity index (χ0n) is 19.5. The topological polar surface area (TPSA) is 63.8 Å². The summed E-state index contributed by atoms with van der Waals surface area (Å²) in [5.41, 5.74) is 5.52. The molecule has 1 amide bonds. The van der Waals surface area contributed by atoms with Crippen LogP contribution in [0, 0.1) is 6.92 Å². The lowest BCUT2D eigenvalue weighted by Gasteiger charge is -2.15. The molecule has 0 fully saturated rings. The minimum absolute atomic E-state index is 0.187. The van der Waals surface area contributed by atoms with Gasteiger partial charge in [0, 0.05) is 33.9 Å². The van der Waals surface area contributed by atoms with Gasteiger partial charge >= 0.3 is 0 Å². The monoisotopic (exact) mass is 470 g/mol. The molecule has 0 saturated carbocycles. The Bertz CT molecular complexity index is 1470. The third-order valence-corrected chi connectivity index (χ3v) is 6.87. The summed E-state index contributed by atoms with van der Waals surface area (Å²) in [5, 5.41) is 6.92. The summed E-state index contributed by atoms with van der Waals surface area (Å²) >= 11 is 1.56. The van der Waals surface area contributed by atoms with E-state index in [1.807, 2.05) is 39.2 Å². The molecular formula is C28H26N2O3S. The number of allylic oxidation sites excluding steroid dienone is 1. The molecule has 34 heavy (non-hydrogen) atoms. The van der Waals surface area contributed by atoms with Crippen molar-refractivity contribution in [3.05, 3.63) is 72.0 Å². The number of nitrogens with zero attached hydrogens (tertiary/aromatic N) is 1. The van der Waals surface area contributed by atoms with Crippen molar-refractivity contribution in [2.75, 3.05) is 18.9 Å². The van der Waals surface area contributed by atoms with Crippen LogP contribution in [0.2, 0.25) is 0 Å². The van der Waals surface area contributed by atoms with Crippen LogP contribution in [0.4, 0.5) is 0 Å². The number of carbonyl (C=O) groups excluding carboxylic acids is 1. The number of benzene rings is 3. The average Bonchev–Trinajstić information content (AvgIpc) is 3.50. The Hall–Kier alpha value is -3.51. The number of amidine groups is 1. The number of aryl methyl sites for hydroxylation is 1. The number of aliphatic imine (C=N–C) groups is 1. The van der Waals surface area contributed by atoms with Crippen LogP contribution in [0.25, 0.3) is 38.4 Å². The number of hydrogen-bond acceptors (Lipinski definition) is 5. The number of ether oxygens (including phenoxy) is 1. The van der Waals surface area contributed by atoms with Crippen LogP contribution in [-0.2, 0) is 4.79 Å². The van der Waals surface area contributed by atoms with E-state index in [1.54, 1.807) is 17.8 Å². The SMILES string of the molecule is CCOc1c(/C(C)=C/C(=O)NC2=NCCS2)cc2c(-c3ccc4ccccc4c3)coc2c1C. The molecule has 0 aliphatic carbocycles. The van der Waals surface area contributed by atoms with E-state index in [1.165, 1.54) is 10.8 Å². The second-order valence-corrected chi connectivity index (χ2v) is 9.33.